The number of β-amino-alcohol motifs (C(OH)–C–C–N with tert-alkyl or cyclic N) is 1. The average Bonchev–Trinajstić information content (AvgIpc) is 3.51. The highest BCUT2D eigenvalue weighted by Crippen LogP contribution is 2.39. The monoisotopic (exact) mass is 686 g/mol. The zero-order valence-corrected chi connectivity index (χ0v) is 30.0. The Hall–Kier alpha value is -3.29. The standard InChI is InChI=1S/C35H54N6O6S/c1-34(2,3)39-32(44)28-19-25-14-10-11-15-26(25)20-41(28)21-29(42)27(18-24-12-8-7-9-13-24)37-33(45)31(35(4,5)48(6,46)47)38-30(43)22-40-17-16-36-23-40/h7-9,12-13,16-17,23,25-29,31,42H,10-11,14-15,18-22H2,1-6H3,(H,37,45)(H,38,43)(H,39,44)/t25?,26?,27-,28-,29+,31+/m0/s1. The van der Waals surface area contributed by atoms with Gasteiger partial charge in [-0.3, -0.25) is 19.3 Å². The third-order valence-electron chi connectivity index (χ3n) is 9.92. The van der Waals surface area contributed by atoms with E-state index >= 15 is 0 Å². The summed E-state index contributed by atoms with van der Waals surface area (Å²) in [4.78, 5) is 46.8. The fourth-order valence-electron chi connectivity index (χ4n) is 6.93. The maximum absolute atomic E-state index is 14.1. The van der Waals surface area contributed by atoms with Crippen LogP contribution in [0.4, 0.5) is 0 Å². The van der Waals surface area contributed by atoms with Crippen LogP contribution in [0.15, 0.2) is 49.1 Å². The van der Waals surface area contributed by atoms with Crippen LogP contribution >= 0.6 is 0 Å². The van der Waals surface area contributed by atoms with Gasteiger partial charge in [0.2, 0.25) is 17.7 Å². The first-order valence-electron chi connectivity index (χ1n) is 17.0. The third kappa shape index (κ3) is 9.88. The number of sulfone groups is 1. The number of benzene rings is 1. The van der Waals surface area contributed by atoms with Crippen LogP contribution in [0.25, 0.3) is 0 Å². The van der Waals surface area contributed by atoms with E-state index in [1.807, 2.05) is 51.1 Å². The maximum atomic E-state index is 14.1. The molecule has 2 fully saturated rings. The van der Waals surface area contributed by atoms with E-state index in [4.69, 9.17) is 0 Å². The van der Waals surface area contributed by atoms with Crippen molar-refractivity contribution in [3.8, 4) is 0 Å². The van der Waals surface area contributed by atoms with E-state index in [9.17, 15) is 27.9 Å². The molecule has 0 bridgehead atoms. The average molecular weight is 687 g/mol. The summed E-state index contributed by atoms with van der Waals surface area (Å²) in [5, 5.41) is 20.6. The molecule has 4 N–H and O–H groups in total. The van der Waals surface area contributed by atoms with Crippen molar-refractivity contribution in [1.82, 2.24) is 30.4 Å². The van der Waals surface area contributed by atoms with Crippen LogP contribution in [0.1, 0.15) is 72.3 Å². The molecule has 1 aliphatic carbocycles. The number of rotatable bonds is 13. The van der Waals surface area contributed by atoms with Crippen LogP contribution in [-0.4, -0.2) is 99.6 Å². The van der Waals surface area contributed by atoms with Crippen molar-refractivity contribution in [3.05, 3.63) is 54.6 Å². The molecule has 13 heteroatoms. The van der Waals surface area contributed by atoms with Crippen molar-refractivity contribution in [2.75, 3.05) is 19.3 Å². The maximum Gasteiger partial charge on any atom is 0.244 e. The first-order valence-corrected chi connectivity index (χ1v) is 18.9. The lowest BCUT2D eigenvalue weighted by atomic mass is 9.72. The number of imidazole rings is 1. The van der Waals surface area contributed by atoms with E-state index in [2.05, 4.69) is 25.8 Å². The molecule has 2 unspecified atom stereocenters. The van der Waals surface area contributed by atoms with Crippen LogP contribution in [0, 0.1) is 11.8 Å². The number of carbonyl (C=O) groups is 3. The number of hydrogen-bond donors (Lipinski definition) is 4. The number of likely N-dealkylation sites (tertiary alicyclic amines) is 1. The van der Waals surface area contributed by atoms with Crippen molar-refractivity contribution in [2.24, 2.45) is 11.8 Å². The van der Waals surface area contributed by atoms with E-state index < -0.39 is 56.2 Å². The summed E-state index contributed by atoms with van der Waals surface area (Å²) in [5.41, 5.74) is 0.441. The van der Waals surface area contributed by atoms with Gasteiger partial charge in [-0.2, -0.15) is 0 Å². The van der Waals surface area contributed by atoms with Gasteiger partial charge in [0.25, 0.3) is 0 Å². The molecule has 1 aliphatic heterocycles. The lowest BCUT2D eigenvalue weighted by Gasteiger charge is -2.47. The van der Waals surface area contributed by atoms with Crippen LogP contribution in [0.5, 0.6) is 0 Å². The van der Waals surface area contributed by atoms with Crippen LogP contribution in [-0.2, 0) is 37.2 Å². The zero-order valence-electron chi connectivity index (χ0n) is 29.2. The fourth-order valence-corrected chi connectivity index (χ4v) is 7.53. The zero-order chi connectivity index (χ0) is 35.3. The smallest absolute Gasteiger partial charge is 0.244 e. The number of carbonyl (C=O) groups excluding carboxylic acids is 3. The van der Waals surface area contributed by atoms with Crippen molar-refractivity contribution in [3.63, 3.8) is 0 Å². The molecule has 2 heterocycles. The highest BCUT2D eigenvalue weighted by Gasteiger charge is 2.46. The largest absolute Gasteiger partial charge is 0.390 e. The van der Waals surface area contributed by atoms with Gasteiger partial charge in [-0.1, -0.05) is 49.6 Å². The summed E-state index contributed by atoms with van der Waals surface area (Å²) in [6.45, 7) is 9.30. The molecule has 1 saturated carbocycles. The van der Waals surface area contributed by atoms with Gasteiger partial charge in [0.1, 0.15) is 12.6 Å². The van der Waals surface area contributed by atoms with Gasteiger partial charge in [-0.05, 0) is 71.3 Å². The van der Waals surface area contributed by atoms with E-state index in [0.29, 0.717) is 24.8 Å². The summed E-state index contributed by atoms with van der Waals surface area (Å²) in [7, 11) is -3.85. The number of amides is 3. The summed E-state index contributed by atoms with van der Waals surface area (Å²) in [6, 6.07) is 6.66. The molecule has 6 atom stereocenters. The minimum Gasteiger partial charge on any atom is -0.390 e. The summed E-state index contributed by atoms with van der Waals surface area (Å²) in [5.74, 6) is -0.478. The van der Waals surface area contributed by atoms with Gasteiger partial charge in [-0.15, -0.1) is 0 Å². The third-order valence-corrected chi connectivity index (χ3v) is 12.1. The summed E-state index contributed by atoms with van der Waals surface area (Å²) >= 11 is 0. The van der Waals surface area contributed by atoms with Gasteiger partial charge in [-0.25, -0.2) is 13.4 Å². The molecule has 266 valence electrons. The molecule has 1 aromatic carbocycles. The number of aliphatic hydroxyl groups excluding tert-OH is 1. The molecule has 0 radical (unpaired) electrons. The van der Waals surface area contributed by atoms with E-state index in [1.54, 1.807) is 6.20 Å². The van der Waals surface area contributed by atoms with Crippen molar-refractivity contribution >= 4 is 27.6 Å². The SMILES string of the molecule is CC(C)(C)NC(=O)[C@@H]1CC2CCCCC2CN1C[C@@H](O)[C@H](Cc1ccccc1)NC(=O)[C@@H](NC(=O)Cn1ccnc1)C(C)(C)S(C)(=O)=O. The predicted molar refractivity (Wildman–Crippen MR) is 184 cm³/mol. The Morgan fingerprint density at radius 1 is 1.02 bits per heavy atom. The van der Waals surface area contributed by atoms with Gasteiger partial charge in [0.15, 0.2) is 9.84 Å². The Bertz CT molecular complexity index is 1490. The molecule has 12 nitrogen and oxygen atoms in total. The van der Waals surface area contributed by atoms with E-state index in [0.717, 1.165) is 37.5 Å². The molecule has 0 spiro atoms. The highest BCUT2D eigenvalue weighted by atomic mass is 32.2. The lowest BCUT2D eigenvalue weighted by Crippen LogP contribution is -2.64. The second-order valence-corrected chi connectivity index (χ2v) is 17.8. The first kappa shape index (κ1) is 37.5. The quantitative estimate of drug-likeness (QED) is 0.249. The molecule has 2 aromatic rings. The van der Waals surface area contributed by atoms with Crippen molar-refractivity contribution in [1.29, 1.82) is 0 Å². The Kier molecular flexibility index (Phi) is 12.1. The predicted octanol–water partition coefficient (Wildman–Crippen LogP) is 2.07. The molecule has 4 rings (SSSR count). The first-order chi connectivity index (χ1) is 22.4. The Morgan fingerprint density at radius 3 is 2.29 bits per heavy atom. The summed E-state index contributed by atoms with van der Waals surface area (Å²) < 4.78 is 25.7. The number of nitrogens with one attached hydrogen (secondary N) is 3. The molecular formula is C35H54N6O6S. The molecule has 2 aliphatic rings. The topological polar surface area (TPSA) is 163 Å². The van der Waals surface area contributed by atoms with Gasteiger partial charge in [0.05, 0.1) is 29.3 Å². The lowest BCUT2D eigenvalue weighted by molar-refractivity contribution is -0.133. The molecule has 48 heavy (non-hydrogen) atoms. The molecule has 3 amide bonds. The fraction of sp³-hybridized carbons (Fsp3) is 0.657. The minimum atomic E-state index is -3.85. The second kappa shape index (κ2) is 15.5. The molecule has 1 aromatic heterocycles. The number of fused-ring (bicyclic) bond motifs is 1. The molecular weight excluding hydrogens is 632 g/mol. The van der Waals surface area contributed by atoms with Crippen molar-refractivity contribution in [2.45, 2.75) is 114 Å². The van der Waals surface area contributed by atoms with Crippen LogP contribution in [0.3, 0.4) is 0 Å². The second-order valence-electron chi connectivity index (χ2n) is 15.2. The van der Waals surface area contributed by atoms with E-state index in [1.165, 1.54) is 30.9 Å². The number of aliphatic hydroxyl groups is 1. The van der Waals surface area contributed by atoms with E-state index in [-0.39, 0.29) is 25.4 Å². The number of aromatic nitrogens is 2. The van der Waals surface area contributed by atoms with Crippen molar-refractivity contribution < 1.29 is 27.9 Å². The van der Waals surface area contributed by atoms with Gasteiger partial charge >= 0.3 is 0 Å². The van der Waals surface area contributed by atoms with Gasteiger partial charge in [0, 0.05) is 37.3 Å². The van der Waals surface area contributed by atoms with Crippen LogP contribution in [0.2, 0.25) is 0 Å². The molecule has 1 saturated heterocycles. The number of piperidine rings is 1. The minimum absolute atomic E-state index is 0.0714. The number of hydrogen-bond acceptors (Lipinski definition) is 8. The Balaban J connectivity index is 1.60. The number of nitrogens with zero attached hydrogens (tertiary/aromatic N) is 3. The normalized spacial score (nSPS) is 22.5. The van der Waals surface area contributed by atoms with Crippen LogP contribution < -0.4 is 16.0 Å². The Labute approximate surface area is 285 Å². The van der Waals surface area contributed by atoms with Gasteiger partial charge < -0.3 is 25.6 Å². The highest BCUT2D eigenvalue weighted by molar-refractivity contribution is 7.92. The Morgan fingerprint density at radius 2 is 1.69 bits per heavy atom. The summed E-state index contributed by atoms with van der Waals surface area (Å²) in [6.07, 6.45) is 9.92.